The fraction of sp³-hybridized carbons (Fsp3) is 0.0667. The minimum atomic E-state index is -3.61. The second-order valence-electron chi connectivity index (χ2n) is 4.70. The molecule has 1 aromatic heterocycles. The van der Waals surface area contributed by atoms with Crippen LogP contribution in [-0.4, -0.2) is 8.42 Å². The van der Waals surface area contributed by atoms with E-state index in [4.69, 9.17) is 5.73 Å². The van der Waals surface area contributed by atoms with Crippen LogP contribution in [0.15, 0.2) is 52.7 Å². The number of nitrogens with two attached hydrogens (primary N) is 1. The Morgan fingerprint density at radius 2 is 1.90 bits per heavy atom. The number of rotatable bonds is 3. The first kappa shape index (κ1) is 14.0. The fourth-order valence-electron chi connectivity index (χ4n) is 2.23. The highest BCUT2D eigenvalue weighted by Gasteiger charge is 2.20. The Morgan fingerprint density at radius 1 is 1.14 bits per heavy atom. The first-order valence-electron chi connectivity index (χ1n) is 6.20. The Balaban J connectivity index is 2.03. The molecule has 1 heterocycles. The molecule has 2 N–H and O–H groups in total. The minimum absolute atomic E-state index is 0.0285. The van der Waals surface area contributed by atoms with Crippen LogP contribution in [0, 0.1) is 5.82 Å². The summed E-state index contributed by atoms with van der Waals surface area (Å²) < 4.78 is 39.0. The Morgan fingerprint density at radius 3 is 2.67 bits per heavy atom. The smallest absolute Gasteiger partial charge is 0.184 e. The predicted molar refractivity (Wildman–Crippen MR) is 83.5 cm³/mol. The van der Waals surface area contributed by atoms with Crippen LogP contribution in [0.3, 0.4) is 0 Å². The summed E-state index contributed by atoms with van der Waals surface area (Å²) in [6, 6.07) is 11.0. The molecule has 21 heavy (non-hydrogen) atoms. The highest BCUT2D eigenvalue weighted by Crippen LogP contribution is 2.30. The van der Waals surface area contributed by atoms with Crippen molar-refractivity contribution < 1.29 is 12.8 Å². The van der Waals surface area contributed by atoms with E-state index in [1.807, 2.05) is 29.6 Å². The average Bonchev–Trinajstić information content (AvgIpc) is 2.81. The number of benzene rings is 2. The molecule has 3 nitrogen and oxygen atoms in total. The molecular weight excluding hydrogens is 309 g/mol. The lowest BCUT2D eigenvalue weighted by molar-refractivity contribution is 0.595. The molecule has 108 valence electrons. The molecule has 0 bridgehead atoms. The zero-order valence-corrected chi connectivity index (χ0v) is 12.5. The molecule has 0 fully saturated rings. The summed E-state index contributed by atoms with van der Waals surface area (Å²) in [4.78, 5) is -0.0285. The van der Waals surface area contributed by atoms with Crippen LogP contribution in [0.5, 0.6) is 0 Å². The summed E-state index contributed by atoms with van der Waals surface area (Å²) in [7, 11) is -3.61. The van der Waals surface area contributed by atoms with Crippen LogP contribution in [-0.2, 0) is 15.6 Å². The molecule has 3 aromatic rings. The molecular formula is C15H12FNO2S2. The molecule has 0 radical (unpaired) electrons. The van der Waals surface area contributed by atoms with Gasteiger partial charge < -0.3 is 5.73 Å². The molecule has 0 unspecified atom stereocenters. The monoisotopic (exact) mass is 321 g/mol. The maximum absolute atomic E-state index is 13.0. The molecule has 0 amide bonds. The van der Waals surface area contributed by atoms with Crippen LogP contribution in [0.2, 0.25) is 0 Å². The van der Waals surface area contributed by atoms with Gasteiger partial charge in [-0.05, 0) is 40.6 Å². The Hall–Kier alpha value is -1.92. The van der Waals surface area contributed by atoms with Crippen molar-refractivity contribution in [1.29, 1.82) is 0 Å². The number of sulfone groups is 1. The molecule has 0 aliphatic heterocycles. The maximum atomic E-state index is 13.0. The lowest BCUT2D eigenvalue weighted by Crippen LogP contribution is -2.08. The van der Waals surface area contributed by atoms with Crippen molar-refractivity contribution in [2.24, 2.45) is 0 Å². The van der Waals surface area contributed by atoms with Gasteiger partial charge in [-0.15, -0.1) is 11.3 Å². The standard InChI is InChI=1S/C15H12FNO2S2/c16-11-5-6-15(13(17)7-11)21(18,19)9-10-8-20-14-4-2-1-3-12(10)14/h1-8H,9,17H2. The van der Waals surface area contributed by atoms with Gasteiger partial charge in [0.15, 0.2) is 9.84 Å². The topological polar surface area (TPSA) is 60.2 Å². The number of hydrogen-bond donors (Lipinski definition) is 1. The molecule has 0 spiro atoms. The lowest BCUT2D eigenvalue weighted by Gasteiger charge is -2.07. The van der Waals surface area contributed by atoms with Crippen LogP contribution in [0.25, 0.3) is 10.1 Å². The highest BCUT2D eigenvalue weighted by atomic mass is 32.2. The number of thiophene rings is 1. The summed E-state index contributed by atoms with van der Waals surface area (Å²) in [6.45, 7) is 0. The Bertz CT molecular complexity index is 916. The zero-order chi connectivity index (χ0) is 15.0. The molecule has 6 heteroatoms. The number of hydrogen-bond acceptors (Lipinski definition) is 4. The summed E-state index contributed by atoms with van der Waals surface area (Å²) in [5, 5.41) is 2.76. The van der Waals surface area contributed by atoms with Crippen LogP contribution in [0.1, 0.15) is 5.56 Å². The third-order valence-electron chi connectivity index (χ3n) is 3.21. The molecule has 0 saturated carbocycles. The van der Waals surface area contributed by atoms with Gasteiger partial charge in [0.2, 0.25) is 0 Å². The summed E-state index contributed by atoms with van der Waals surface area (Å²) >= 11 is 1.50. The van der Waals surface area contributed by atoms with Crippen molar-refractivity contribution in [2.45, 2.75) is 10.6 Å². The van der Waals surface area contributed by atoms with Crippen LogP contribution < -0.4 is 5.73 Å². The second-order valence-corrected chi connectivity index (χ2v) is 7.57. The van der Waals surface area contributed by atoms with Gasteiger partial charge in [-0.3, -0.25) is 0 Å². The third kappa shape index (κ3) is 2.64. The Labute approximate surface area is 125 Å². The quantitative estimate of drug-likeness (QED) is 0.592. The minimum Gasteiger partial charge on any atom is -0.398 e. The highest BCUT2D eigenvalue weighted by molar-refractivity contribution is 7.90. The largest absolute Gasteiger partial charge is 0.398 e. The van der Waals surface area contributed by atoms with E-state index in [1.54, 1.807) is 0 Å². The van der Waals surface area contributed by atoms with E-state index in [0.29, 0.717) is 0 Å². The van der Waals surface area contributed by atoms with E-state index < -0.39 is 15.7 Å². The molecule has 2 aromatic carbocycles. The van der Waals surface area contributed by atoms with Gasteiger partial charge in [0, 0.05) is 4.70 Å². The van der Waals surface area contributed by atoms with Crippen molar-refractivity contribution in [3.05, 3.63) is 59.2 Å². The van der Waals surface area contributed by atoms with Gasteiger partial charge in [0.25, 0.3) is 0 Å². The number of nitrogen functional groups attached to an aromatic ring is 1. The molecule has 0 saturated heterocycles. The van der Waals surface area contributed by atoms with Gasteiger partial charge in [0.1, 0.15) is 5.82 Å². The lowest BCUT2D eigenvalue weighted by atomic mass is 10.2. The number of anilines is 1. The van der Waals surface area contributed by atoms with Crippen molar-refractivity contribution in [3.63, 3.8) is 0 Å². The van der Waals surface area contributed by atoms with Gasteiger partial charge in [-0.1, -0.05) is 18.2 Å². The van der Waals surface area contributed by atoms with Crippen LogP contribution in [0.4, 0.5) is 10.1 Å². The first-order valence-corrected chi connectivity index (χ1v) is 8.73. The van der Waals surface area contributed by atoms with Gasteiger partial charge in [0.05, 0.1) is 16.3 Å². The summed E-state index contributed by atoms with van der Waals surface area (Å²) in [6.07, 6.45) is 0. The maximum Gasteiger partial charge on any atom is 0.184 e. The van der Waals surface area contributed by atoms with Crippen LogP contribution >= 0.6 is 11.3 Å². The average molecular weight is 321 g/mol. The van der Waals surface area contributed by atoms with E-state index in [2.05, 4.69) is 0 Å². The van der Waals surface area contributed by atoms with E-state index in [0.717, 1.165) is 27.8 Å². The third-order valence-corrected chi connectivity index (χ3v) is 5.96. The second kappa shape index (κ2) is 5.13. The molecule has 3 rings (SSSR count). The summed E-state index contributed by atoms with van der Waals surface area (Å²) in [5.74, 6) is -0.695. The van der Waals surface area contributed by atoms with Gasteiger partial charge in [-0.2, -0.15) is 0 Å². The summed E-state index contributed by atoms with van der Waals surface area (Å²) in [5.41, 5.74) is 6.31. The van der Waals surface area contributed by atoms with E-state index in [-0.39, 0.29) is 16.3 Å². The predicted octanol–water partition coefficient (Wildman–Crippen LogP) is 3.60. The van der Waals surface area contributed by atoms with Crippen molar-refractivity contribution in [3.8, 4) is 0 Å². The molecule has 0 aliphatic rings. The molecule has 0 aliphatic carbocycles. The Kier molecular flexibility index (Phi) is 3.43. The molecule has 0 atom stereocenters. The van der Waals surface area contributed by atoms with E-state index >= 15 is 0 Å². The SMILES string of the molecule is Nc1cc(F)ccc1S(=O)(=O)Cc1csc2ccccc12. The van der Waals surface area contributed by atoms with E-state index in [9.17, 15) is 12.8 Å². The van der Waals surface area contributed by atoms with Gasteiger partial charge >= 0.3 is 0 Å². The van der Waals surface area contributed by atoms with E-state index in [1.165, 1.54) is 17.4 Å². The normalized spacial score (nSPS) is 11.9. The van der Waals surface area contributed by atoms with Crippen molar-refractivity contribution in [2.75, 3.05) is 5.73 Å². The number of fused-ring (bicyclic) bond motifs is 1. The number of halogens is 1. The fourth-order valence-corrected chi connectivity index (χ4v) is 4.80. The van der Waals surface area contributed by atoms with Crippen molar-refractivity contribution >= 4 is 36.9 Å². The zero-order valence-electron chi connectivity index (χ0n) is 10.9. The van der Waals surface area contributed by atoms with Gasteiger partial charge in [-0.25, -0.2) is 12.8 Å². The van der Waals surface area contributed by atoms with Crippen molar-refractivity contribution in [1.82, 2.24) is 0 Å². The first-order chi connectivity index (χ1) is 9.97.